The molecule has 0 amide bonds. The van der Waals surface area contributed by atoms with Crippen molar-refractivity contribution in [3.05, 3.63) is 28.2 Å². The average Bonchev–Trinajstić information content (AvgIpc) is 2.24. The predicted molar refractivity (Wildman–Crippen MR) is 69.9 cm³/mol. The lowest BCUT2D eigenvalue weighted by molar-refractivity contribution is 0.564. The van der Waals surface area contributed by atoms with Crippen LogP contribution < -0.4 is 10.5 Å². The number of nitrogens with one attached hydrogen (secondary N) is 1. The zero-order valence-corrected chi connectivity index (χ0v) is 11.6. The Morgan fingerprint density at radius 1 is 1.29 bits per heavy atom. The van der Waals surface area contributed by atoms with Crippen LogP contribution in [0.3, 0.4) is 0 Å². The molecule has 0 aromatic heterocycles. The summed E-state index contributed by atoms with van der Waals surface area (Å²) >= 11 is 11.5. The fourth-order valence-corrected chi connectivity index (χ4v) is 2.95. The number of nitrogens with two attached hydrogens (primary N) is 1. The molecule has 1 atom stereocenters. The Balaban J connectivity index is 2.89. The molecule has 0 aliphatic heterocycles. The van der Waals surface area contributed by atoms with E-state index in [4.69, 9.17) is 28.9 Å². The molecule has 1 aromatic rings. The molecule has 4 nitrogen and oxygen atoms in total. The van der Waals surface area contributed by atoms with Crippen LogP contribution in [0.25, 0.3) is 0 Å². The van der Waals surface area contributed by atoms with Crippen molar-refractivity contribution in [3.63, 3.8) is 0 Å². The van der Waals surface area contributed by atoms with E-state index < -0.39 is 10.0 Å². The first-order chi connectivity index (χ1) is 7.85. The predicted octanol–water partition coefficient (Wildman–Crippen LogP) is 2.01. The number of rotatable bonds is 5. The monoisotopic (exact) mass is 296 g/mol. The van der Waals surface area contributed by atoms with Crippen molar-refractivity contribution in [2.24, 2.45) is 5.73 Å². The van der Waals surface area contributed by atoms with Crippen molar-refractivity contribution < 1.29 is 8.42 Å². The second kappa shape index (κ2) is 6.02. The lowest BCUT2D eigenvalue weighted by Crippen LogP contribution is -2.36. The Morgan fingerprint density at radius 2 is 1.82 bits per heavy atom. The number of hydrogen-bond donors (Lipinski definition) is 2. The summed E-state index contributed by atoms with van der Waals surface area (Å²) in [6.45, 7) is 2.07. The van der Waals surface area contributed by atoms with Crippen LogP contribution in [0.4, 0.5) is 0 Å². The van der Waals surface area contributed by atoms with Crippen molar-refractivity contribution in [3.8, 4) is 0 Å². The number of halogens is 2. The SMILES string of the molecule is CCC(N)CNS(=O)(=O)c1cc(Cl)cc(Cl)c1. The van der Waals surface area contributed by atoms with Gasteiger partial charge in [-0.1, -0.05) is 30.1 Å². The van der Waals surface area contributed by atoms with Crippen LogP contribution in [0.2, 0.25) is 10.0 Å². The standard InChI is InChI=1S/C10H14Cl2N2O2S/c1-2-9(13)6-14-17(15,16)10-4-7(11)3-8(12)5-10/h3-5,9,14H,2,6,13H2,1H3. The lowest BCUT2D eigenvalue weighted by atomic mass is 10.2. The van der Waals surface area contributed by atoms with Gasteiger partial charge in [0, 0.05) is 22.6 Å². The summed E-state index contributed by atoms with van der Waals surface area (Å²) in [5.74, 6) is 0. The van der Waals surface area contributed by atoms with E-state index in [1.165, 1.54) is 18.2 Å². The van der Waals surface area contributed by atoms with Gasteiger partial charge in [-0.05, 0) is 24.6 Å². The fraction of sp³-hybridized carbons (Fsp3) is 0.400. The molecule has 1 rings (SSSR count). The molecule has 0 spiro atoms. The quantitative estimate of drug-likeness (QED) is 0.873. The van der Waals surface area contributed by atoms with Gasteiger partial charge in [0.15, 0.2) is 0 Å². The Hall–Kier alpha value is -0.330. The molecule has 7 heteroatoms. The van der Waals surface area contributed by atoms with Crippen LogP contribution >= 0.6 is 23.2 Å². The Morgan fingerprint density at radius 3 is 2.29 bits per heavy atom. The van der Waals surface area contributed by atoms with Crippen LogP contribution in [0, 0.1) is 0 Å². The Labute approximate surface area is 111 Å². The average molecular weight is 297 g/mol. The van der Waals surface area contributed by atoms with Crippen molar-refractivity contribution in [2.45, 2.75) is 24.3 Å². The normalized spacial score (nSPS) is 13.6. The molecule has 0 radical (unpaired) electrons. The maximum Gasteiger partial charge on any atom is 0.240 e. The minimum atomic E-state index is -3.61. The summed E-state index contributed by atoms with van der Waals surface area (Å²) in [5, 5.41) is 0.551. The summed E-state index contributed by atoms with van der Waals surface area (Å²) in [6.07, 6.45) is 0.693. The summed E-state index contributed by atoms with van der Waals surface area (Å²) in [6, 6.07) is 3.94. The summed E-state index contributed by atoms with van der Waals surface area (Å²) in [7, 11) is -3.61. The molecule has 3 N–H and O–H groups in total. The minimum absolute atomic E-state index is 0.0401. The van der Waals surface area contributed by atoms with Gasteiger partial charge in [0.1, 0.15) is 0 Å². The van der Waals surface area contributed by atoms with E-state index in [-0.39, 0.29) is 27.5 Å². The Kier molecular flexibility index (Phi) is 5.22. The van der Waals surface area contributed by atoms with Gasteiger partial charge in [-0.25, -0.2) is 13.1 Å². The van der Waals surface area contributed by atoms with Gasteiger partial charge in [0.05, 0.1) is 4.90 Å². The van der Waals surface area contributed by atoms with E-state index in [1.807, 2.05) is 6.92 Å². The largest absolute Gasteiger partial charge is 0.327 e. The molecule has 0 aliphatic carbocycles. The van der Waals surface area contributed by atoms with Gasteiger partial charge in [-0.15, -0.1) is 0 Å². The molecule has 0 bridgehead atoms. The van der Waals surface area contributed by atoms with Crippen LogP contribution in [-0.4, -0.2) is 21.0 Å². The molecule has 0 aliphatic rings. The van der Waals surface area contributed by atoms with Crippen LogP contribution in [0.15, 0.2) is 23.1 Å². The smallest absolute Gasteiger partial charge is 0.240 e. The molecule has 1 unspecified atom stereocenters. The maximum atomic E-state index is 11.9. The fourth-order valence-electron chi connectivity index (χ4n) is 1.13. The first-order valence-electron chi connectivity index (χ1n) is 5.06. The van der Waals surface area contributed by atoms with E-state index in [0.29, 0.717) is 6.42 Å². The number of hydrogen-bond acceptors (Lipinski definition) is 3. The highest BCUT2D eigenvalue weighted by molar-refractivity contribution is 7.89. The van der Waals surface area contributed by atoms with Gasteiger partial charge < -0.3 is 5.73 Å². The number of benzene rings is 1. The molecule has 1 aromatic carbocycles. The molecule has 0 saturated carbocycles. The van der Waals surface area contributed by atoms with Crippen molar-refractivity contribution in [1.82, 2.24) is 4.72 Å². The third-order valence-corrected chi connectivity index (χ3v) is 4.05. The van der Waals surface area contributed by atoms with Gasteiger partial charge in [-0.2, -0.15) is 0 Å². The second-order valence-electron chi connectivity index (χ2n) is 3.63. The summed E-state index contributed by atoms with van der Waals surface area (Å²) in [4.78, 5) is 0.0401. The topological polar surface area (TPSA) is 72.2 Å². The highest BCUT2D eigenvalue weighted by Gasteiger charge is 2.16. The van der Waals surface area contributed by atoms with E-state index in [2.05, 4.69) is 4.72 Å². The molecule has 0 fully saturated rings. The zero-order valence-electron chi connectivity index (χ0n) is 9.28. The van der Waals surface area contributed by atoms with Gasteiger partial charge in [0.25, 0.3) is 0 Å². The van der Waals surface area contributed by atoms with Crippen LogP contribution in [0.5, 0.6) is 0 Å². The van der Waals surface area contributed by atoms with Gasteiger partial charge in [0.2, 0.25) is 10.0 Å². The molecule has 0 saturated heterocycles. The first-order valence-corrected chi connectivity index (χ1v) is 7.30. The van der Waals surface area contributed by atoms with Crippen LogP contribution in [-0.2, 0) is 10.0 Å². The molecular formula is C10H14Cl2N2O2S. The maximum absolute atomic E-state index is 11.9. The third-order valence-electron chi connectivity index (χ3n) is 2.21. The van der Waals surface area contributed by atoms with Crippen molar-refractivity contribution in [2.75, 3.05) is 6.54 Å². The van der Waals surface area contributed by atoms with Crippen molar-refractivity contribution in [1.29, 1.82) is 0 Å². The van der Waals surface area contributed by atoms with E-state index in [0.717, 1.165) is 0 Å². The number of sulfonamides is 1. The molecular weight excluding hydrogens is 283 g/mol. The molecule has 96 valence electrons. The zero-order chi connectivity index (χ0) is 13.1. The highest BCUT2D eigenvalue weighted by Crippen LogP contribution is 2.22. The molecule has 17 heavy (non-hydrogen) atoms. The van der Waals surface area contributed by atoms with Gasteiger partial charge in [-0.3, -0.25) is 0 Å². The summed E-state index contributed by atoms with van der Waals surface area (Å²) in [5.41, 5.74) is 5.64. The molecule has 0 heterocycles. The van der Waals surface area contributed by atoms with Gasteiger partial charge >= 0.3 is 0 Å². The second-order valence-corrected chi connectivity index (χ2v) is 6.27. The lowest BCUT2D eigenvalue weighted by Gasteiger charge is -2.11. The third kappa shape index (κ3) is 4.44. The highest BCUT2D eigenvalue weighted by atomic mass is 35.5. The summed E-state index contributed by atoms with van der Waals surface area (Å²) < 4.78 is 26.2. The minimum Gasteiger partial charge on any atom is -0.327 e. The van der Waals surface area contributed by atoms with E-state index in [9.17, 15) is 8.42 Å². The van der Waals surface area contributed by atoms with E-state index >= 15 is 0 Å². The Bertz CT molecular complexity index is 471. The van der Waals surface area contributed by atoms with Crippen LogP contribution in [0.1, 0.15) is 13.3 Å². The first kappa shape index (κ1) is 14.7. The van der Waals surface area contributed by atoms with E-state index in [1.54, 1.807) is 0 Å². The van der Waals surface area contributed by atoms with Crippen molar-refractivity contribution >= 4 is 33.2 Å².